The van der Waals surface area contributed by atoms with E-state index in [0.717, 1.165) is 56.1 Å². The van der Waals surface area contributed by atoms with Crippen molar-refractivity contribution in [1.29, 1.82) is 0 Å². The predicted molar refractivity (Wildman–Crippen MR) is 128 cm³/mol. The van der Waals surface area contributed by atoms with Gasteiger partial charge in [0.2, 0.25) is 0 Å². The molecule has 0 spiro atoms. The highest BCUT2D eigenvalue weighted by atomic mass is 16.5. The largest absolute Gasteiger partial charge is 0.452 e. The fraction of sp³-hybridized carbons (Fsp3) is 0.370. The zero-order chi connectivity index (χ0) is 22.8. The van der Waals surface area contributed by atoms with E-state index in [2.05, 4.69) is 17.0 Å². The van der Waals surface area contributed by atoms with Crippen molar-refractivity contribution in [3.8, 4) is 0 Å². The van der Waals surface area contributed by atoms with Crippen LogP contribution in [0.4, 0.5) is 5.82 Å². The zero-order valence-corrected chi connectivity index (χ0v) is 19.0. The van der Waals surface area contributed by atoms with Crippen LogP contribution in [0.25, 0.3) is 10.9 Å². The summed E-state index contributed by atoms with van der Waals surface area (Å²) < 4.78 is 5.54. The third-order valence-corrected chi connectivity index (χ3v) is 6.85. The minimum absolute atomic E-state index is 0.0173. The monoisotopic (exact) mass is 443 g/mol. The maximum Gasteiger partial charge on any atom is 0.342 e. The molecule has 6 heteroatoms. The Labute approximate surface area is 194 Å². The second-order valence-corrected chi connectivity index (χ2v) is 8.93. The smallest absolute Gasteiger partial charge is 0.342 e. The molecule has 33 heavy (non-hydrogen) atoms. The molecule has 0 radical (unpaired) electrons. The van der Waals surface area contributed by atoms with Crippen LogP contribution in [0.1, 0.15) is 53.2 Å². The molecule has 5 rings (SSSR count). The van der Waals surface area contributed by atoms with Crippen LogP contribution in [0.5, 0.6) is 0 Å². The summed E-state index contributed by atoms with van der Waals surface area (Å²) in [5.74, 6) is -0.0410. The first-order chi connectivity index (χ1) is 16.1. The summed E-state index contributed by atoms with van der Waals surface area (Å²) in [5.41, 5.74) is 3.76. The average Bonchev–Trinajstić information content (AvgIpc) is 3.40. The van der Waals surface area contributed by atoms with E-state index < -0.39 is 5.97 Å². The van der Waals surface area contributed by atoms with Gasteiger partial charge in [0, 0.05) is 25.5 Å². The van der Waals surface area contributed by atoms with E-state index in [1.165, 1.54) is 11.1 Å². The minimum Gasteiger partial charge on any atom is -0.452 e. The Kier molecular flexibility index (Phi) is 5.99. The van der Waals surface area contributed by atoms with Gasteiger partial charge >= 0.3 is 5.97 Å². The van der Waals surface area contributed by atoms with Crippen molar-refractivity contribution in [3.05, 3.63) is 71.3 Å². The summed E-state index contributed by atoms with van der Waals surface area (Å²) in [7, 11) is 1.80. The molecule has 1 fully saturated rings. The number of ether oxygens (including phenoxy) is 1. The Morgan fingerprint density at radius 1 is 1.06 bits per heavy atom. The van der Waals surface area contributed by atoms with Crippen molar-refractivity contribution in [2.75, 3.05) is 31.6 Å². The molecule has 2 heterocycles. The van der Waals surface area contributed by atoms with E-state index >= 15 is 0 Å². The van der Waals surface area contributed by atoms with E-state index in [-0.39, 0.29) is 18.6 Å². The Morgan fingerprint density at radius 2 is 1.82 bits per heavy atom. The van der Waals surface area contributed by atoms with Gasteiger partial charge in [0.15, 0.2) is 6.61 Å². The number of esters is 1. The number of anilines is 1. The quantitative estimate of drug-likeness (QED) is 0.542. The molecule has 6 nitrogen and oxygen atoms in total. The Bertz CT molecular complexity index is 1190. The number of rotatable bonds is 5. The van der Waals surface area contributed by atoms with Crippen molar-refractivity contribution in [2.45, 2.75) is 38.1 Å². The number of carbonyl (C=O) groups excluding carboxylic acids is 2. The molecule has 1 aliphatic carbocycles. The van der Waals surface area contributed by atoms with Crippen molar-refractivity contribution < 1.29 is 14.3 Å². The van der Waals surface area contributed by atoms with Crippen molar-refractivity contribution in [1.82, 2.24) is 9.88 Å². The van der Waals surface area contributed by atoms with Crippen molar-refractivity contribution >= 4 is 28.6 Å². The van der Waals surface area contributed by atoms with Gasteiger partial charge < -0.3 is 14.5 Å². The van der Waals surface area contributed by atoms with E-state index in [1.807, 2.05) is 42.5 Å². The first-order valence-corrected chi connectivity index (χ1v) is 11.8. The summed E-state index contributed by atoms with van der Waals surface area (Å²) in [6, 6.07) is 17.9. The molecule has 2 aliphatic rings. The molecule has 0 N–H and O–H groups in total. The van der Waals surface area contributed by atoms with Gasteiger partial charge in [0.1, 0.15) is 11.4 Å². The molecule has 1 saturated heterocycles. The van der Waals surface area contributed by atoms with Crippen LogP contribution >= 0.6 is 0 Å². The number of para-hydroxylation sites is 1. The van der Waals surface area contributed by atoms with Gasteiger partial charge in [0.25, 0.3) is 5.91 Å². The fourth-order valence-corrected chi connectivity index (χ4v) is 5.04. The first-order valence-electron chi connectivity index (χ1n) is 11.8. The number of benzene rings is 2. The number of amides is 1. The molecule has 170 valence electrons. The fourth-order valence-electron chi connectivity index (χ4n) is 5.04. The van der Waals surface area contributed by atoms with Gasteiger partial charge in [0.05, 0.1) is 11.6 Å². The number of aryl methyl sites for hydroxylation is 1. The molecule has 1 amide bonds. The standard InChI is InChI=1S/C27H29N3O3/c1-29(24-14-8-11-19-9-2-4-12-21(19)24)25(31)18-33-27(32)22-17-20-10-3-5-13-23(20)28-26(22)30-15-6-7-16-30/h2-5,9-10,12-13,17,24H,6-8,11,14-16,18H2,1H3. The molecular weight excluding hydrogens is 414 g/mol. The highest BCUT2D eigenvalue weighted by Crippen LogP contribution is 2.33. The van der Waals surface area contributed by atoms with Crippen LogP contribution in [-0.4, -0.2) is 48.5 Å². The van der Waals surface area contributed by atoms with E-state index in [0.29, 0.717) is 11.4 Å². The zero-order valence-electron chi connectivity index (χ0n) is 19.0. The number of fused-ring (bicyclic) bond motifs is 2. The van der Waals surface area contributed by atoms with E-state index in [1.54, 1.807) is 11.9 Å². The lowest BCUT2D eigenvalue weighted by Crippen LogP contribution is -2.36. The first kappa shape index (κ1) is 21.4. The number of likely N-dealkylation sites (N-methyl/N-ethyl adjacent to an activating group) is 1. The van der Waals surface area contributed by atoms with Crippen LogP contribution in [-0.2, 0) is 16.0 Å². The third-order valence-electron chi connectivity index (χ3n) is 6.85. The predicted octanol–water partition coefficient (Wildman–Crippen LogP) is 4.53. The Balaban J connectivity index is 1.33. The second kappa shape index (κ2) is 9.22. The highest BCUT2D eigenvalue weighted by Gasteiger charge is 2.28. The number of carbonyl (C=O) groups is 2. The molecule has 1 unspecified atom stereocenters. The molecule has 1 atom stereocenters. The number of hydrogen-bond acceptors (Lipinski definition) is 5. The van der Waals surface area contributed by atoms with Gasteiger partial charge in [-0.3, -0.25) is 4.79 Å². The maximum absolute atomic E-state index is 13.1. The lowest BCUT2D eigenvalue weighted by Gasteiger charge is -2.33. The normalized spacial score (nSPS) is 17.6. The number of hydrogen-bond donors (Lipinski definition) is 0. The summed E-state index contributed by atoms with van der Waals surface area (Å²) >= 11 is 0. The molecule has 1 aromatic heterocycles. The molecular formula is C27H29N3O3. The molecule has 1 aliphatic heterocycles. The second-order valence-electron chi connectivity index (χ2n) is 8.93. The van der Waals surface area contributed by atoms with Crippen LogP contribution in [0.15, 0.2) is 54.6 Å². The van der Waals surface area contributed by atoms with Gasteiger partial charge in [-0.15, -0.1) is 0 Å². The lowest BCUT2D eigenvalue weighted by molar-refractivity contribution is -0.135. The summed E-state index contributed by atoms with van der Waals surface area (Å²) in [5, 5.41) is 0.884. The van der Waals surface area contributed by atoms with Gasteiger partial charge in [-0.05, 0) is 55.4 Å². The molecule has 3 aromatic rings. The Hall–Kier alpha value is -3.41. The molecule has 0 saturated carbocycles. The highest BCUT2D eigenvalue weighted by molar-refractivity contribution is 6.00. The lowest BCUT2D eigenvalue weighted by atomic mass is 9.87. The Morgan fingerprint density at radius 3 is 2.67 bits per heavy atom. The number of nitrogens with zero attached hydrogens (tertiary/aromatic N) is 3. The summed E-state index contributed by atoms with van der Waals surface area (Å²) in [6.07, 6.45) is 5.16. The summed E-state index contributed by atoms with van der Waals surface area (Å²) in [4.78, 5) is 34.7. The van der Waals surface area contributed by atoms with E-state index in [4.69, 9.17) is 9.72 Å². The minimum atomic E-state index is -0.499. The van der Waals surface area contributed by atoms with Gasteiger partial charge in [-0.2, -0.15) is 0 Å². The average molecular weight is 444 g/mol. The maximum atomic E-state index is 13.1. The number of pyridine rings is 1. The van der Waals surface area contributed by atoms with Crippen LogP contribution in [0.2, 0.25) is 0 Å². The van der Waals surface area contributed by atoms with Gasteiger partial charge in [-0.25, -0.2) is 9.78 Å². The van der Waals surface area contributed by atoms with Crippen LogP contribution < -0.4 is 4.90 Å². The number of aromatic nitrogens is 1. The van der Waals surface area contributed by atoms with E-state index in [9.17, 15) is 9.59 Å². The third kappa shape index (κ3) is 4.30. The van der Waals surface area contributed by atoms with Crippen molar-refractivity contribution in [2.24, 2.45) is 0 Å². The van der Waals surface area contributed by atoms with Crippen molar-refractivity contribution in [3.63, 3.8) is 0 Å². The van der Waals surface area contributed by atoms with Crippen LogP contribution in [0.3, 0.4) is 0 Å². The topological polar surface area (TPSA) is 62.7 Å². The summed E-state index contributed by atoms with van der Waals surface area (Å²) in [6.45, 7) is 1.46. The molecule has 2 aromatic carbocycles. The van der Waals surface area contributed by atoms with Gasteiger partial charge in [-0.1, -0.05) is 42.5 Å². The SMILES string of the molecule is CN(C(=O)COC(=O)c1cc2ccccc2nc1N1CCCC1)C1CCCc2ccccc21. The van der Waals surface area contributed by atoms with Crippen LogP contribution in [0, 0.1) is 0 Å². The molecule has 0 bridgehead atoms.